The first-order valence-corrected chi connectivity index (χ1v) is 10.1. The number of benzene rings is 2. The molecule has 4 rings (SSSR count). The van der Waals surface area contributed by atoms with Gasteiger partial charge in [0.1, 0.15) is 5.82 Å². The lowest BCUT2D eigenvalue weighted by Crippen LogP contribution is -2.42. The maximum Gasteiger partial charge on any atom is 0.223 e. The molecule has 1 aliphatic heterocycles. The first kappa shape index (κ1) is 18.2. The van der Waals surface area contributed by atoms with E-state index < -0.39 is 0 Å². The Morgan fingerprint density at radius 3 is 2.48 bits per heavy atom. The van der Waals surface area contributed by atoms with Gasteiger partial charge in [-0.05, 0) is 50.6 Å². The first-order valence-electron chi connectivity index (χ1n) is 9.33. The molecule has 27 heavy (non-hydrogen) atoms. The predicted octanol–water partition coefficient (Wildman–Crippen LogP) is 4.96. The molecular formula is C22H24BrN3O. The zero-order valence-electron chi connectivity index (χ0n) is 15.9. The molecule has 1 unspecified atom stereocenters. The second-order valence-corrected chi connectivity index (χ2v) is 9.16. The van der Waals surface area contributed by atoms with Crippen molar-refractivity contribution in [1.82, 2.24) is 14.5 Å². The highest BCUT2D eigenvalue weighted by Crippen LogP contribution is 2.34. The Kier molecular flexibility index (Phi) is 4.58. The van der Waals surface area contributed by atoms with E-state index in [2.05, 4.69) is 77.7 Å². The number of imidazole rings is 1. The summed E-state index contributed by atoms with van der Waals surface area (Å²) in [5.74, 6) is 1.36. The fourth-order valence-corrected chi connectivity index (χ4v) is 4.14. The predicted molar refractivity (Wildman–Crippen MR) is 112 cm³/mol. The number of para-hydroxylation sites is 2. The smallest absolute Gasteiger partial charge is 0.223 e. The molecule has 1 fully saturated rings. The zero-order valence-corrected chi connectivity index (χ0v) is 17.5. The Morgan fingerprint density at radius 1 is 1.11 bits per heavy atom. The summed E-state index contributed by atoms with van der Waals surface area (Å²) in [6, 6.07) is 16.6. The minimum atomic E-state index is -0.158. The summed E-state index contributed by atoms with van der Waals surface area (Å²) in [6.07, 6.45) is 0.529. The van der Waals surface area contributed by atoms with E-state index in [1.165, 1.54) is 5.56 Å². The molecule has 140 valence electrons. The van der Waals surface area contributed by atoms with Crippen LogP contribution in [0, 0.1) is 0 Å². The summed E-state index contributed by atoms with van der Waals surface area (Å²) in [4.78, 5) is 19.5. The van der Waals surface area contributed by atoms with Crippen LogP contribution in [0.15, 0.2) is 53.0 Å². The van der Waals surface area contributed by atoms with E-state index in [0.29, 0.717) is 6.42 Å². The van der Waals surface area contributed by atoms with Crippen molar-refractivity contribution in [3.63, 3.8) is 0 Å². The Balaban J connectivity index is 1.74. The van der Waals surface area contributed by atoms with E-state index in [4.69, 9.17) is 4.98 Å². The number of hydrogen-bond acceptors (Lipinski definition) is 2. The molecule has 4 nitrogen and oxygen atoms in total. The molecule has 1 aromatic heterocycles. The van der Waals surface area contributed by atoms with Crippen molar-refractivity contribution < 1.29 is 4.79 Å². The fraction of sp³-hybridized carbons (Fsp3) is 0.364. The van der Waals surface area contributed by atoms with Crippen molar-refractivity contribution >= 4 is 32.9 Å². The number of aromatic nitrogens is 2. The largest absolute Gasteiger partial charge is 0.337 e. The fourth-order valence-electron chi connectivity index (χ4n) is 3.87. The molecule has 0 radical (unpaired) electrons. The normalized spacial score (nSPS) is 17.9. The molecule has 0 saturated carbocycles. The maximum atomic E-state index is 12.6. The van der Waals surface area contributed by atoms with Gasteiger partial charge >= 0.3 is 0 Å². The van der Waals surface area contributed by atoms with Crippen molar-refractivity contribution in [1.29, 1.82) is 0 Å². The second-order valence-electron chi connectivity index (χ2n) is 8.25. The molecule has 0 spiro atoms. The highest BCUT2D eigenvalue weighted by atomic mass is 79.9. The van der Waals surface area contributed by atoms with Crippen molar-refractivity contribution in [2.45, 2.75) is 45.2 Å². The van der Waals surface area contributed by atoms with Gasteiger partial charge in [0.15, 0.2) is 0 Å². The average Bonchev–Trinajstić information content (AvgIpc) is 3.18. The second kappa shape index (κ2) is 6.79. The van der Waals surface area contributed by atoms with Crippen LogP contribution in [0.25, 0.3) is 11.0 Å². The lowest BCUT2D eigenvalue weighted by Gasteiger charge is -2.32. The van der Waals surface area contributed by atoms with Gasteiger partial charge in [0.05, 0.1) is 11.0 Å². The molecule has 1 aliphatic rings. The highest BCUT2D eigenvalue weighted by molar-refractivity contribution is 9.10. The quantitative estimate of drug-likeness (QED) is 0.594. The minimum absolute atomic E-state index is 0.125. The van der Waals surface area contributed by atoms with Crippen molar-refractivity contribution in [3.05, 3.63) is 64.4 Å². The Morgan fingerprint density at radius 2 is 1.81 bits per heavy atom. The number of halogens is 1. The van der Waals surface area contributed by atoms with E-state index >= 15 is 0 Å². The minimum Gasteiger partial charge on any atom is -0.337 e. The SMILES string of the molecule is CC(C)(C)N1CC(c2nc3ccccc3n2Cc2ccc(Br)cc2)CC1=O. The number of carbonyl (C=O) groups excluding carboxylic acids is 1. The maximum absolute atomic E-state index is 12.6. The van der Waals surface area contributed by atoms with Crippen molar-refractivity contribution in [3.8, 4) is 0 Å². The Labute approximate surface area is 168 Å². The van der Waals surface area contributed by atoms with Crippen LogP contribution in [0.2, 0.25) is 0 Å². The van der Waals surface area contributed by atoms with Crippen LogP contribution in [-0.4, -0.2) is 32.4 Å². The van der Waals surface area contributed by atoms with Gasteiger partial charge in [0.2, 0.25) is 5.91 Å². The molecule has 0 N–H and O–H groups in total. The van der Waals surface area contributed by atoms with E-state index in [0.717, 1.165) is 34.4 Å². The number of likely N-dealkylation sites (tertiary alicyclic amines) is 1. The molecule has 1 amide bonds. The van der Waals surface area contributed by atoms with Crippen LogP contribution in [0.4, 0.5) is 0 Å². The molecule has 0 bridgehead atoms. The monoisotopic (exact) mass is 425 g/mol. The van der Waals surface area contributed by atoms with E-state index in [-0.39, 0.29) is 17.4 Å². The van der Waals surface area contributed by atoms with Gasteiger partial charge in [0.25, 0.3) is 0 Å². The van der Waals surface area contributed by atoms with Gasteiger partial charge in [-0.2, -0.15) is 0 Å². The molecule has 2 aromatic carbocycles. The molecular weight excluding hydrogens is 402 g/mol. The van der Waals surface area contributed by atoms with Crippen molar-refractivity contribution in [2.75, 3.05) is 6.54 Å². The van der Waals surface area contributed by atoms with Gasteiger partial charge < -0.3 is 9.47 Å². The summed E-state index contributed by atoms with van der Waals surface area (Å²) in [5, 5.41) is 0. The van der Waals surface area contributed by atoms with E-state index in [1.807, 2.05) is 17.0 Å². The molecule has 3 aromatic rings. The Hall–Kier alpha value is -2.14. The third-order valence-electron chi connectivity index (χ3n) is 5.24. The van der Waals surface area contributed by atoms with Gasteiger partial charge in [-0.1, -0.05) is 40.2 Å². The molecule has 5 heteroatoms. The van der Waals surface area contributed by atoms with Crippen LogP contribution < -0.4 is 0 Å². The number of hydrogen-bond donors (Lipinski definition) is 0. The standard InChI is InChI=1S/C22H24BrN3O/c1-22(2,3)26-14-16(12-20(26)27)21-24-18-6-4-5-7-19(18)25(21)13-15-8-10-17(23)11-9-15/h4-11,16H,12-14H2,1-3H3. The van der Waals surface area contributed by atoms with E-state index in [1.54, 1.807) is 0 Å². The number of fused-ring (bicyclic) bond motifs is 1. The van der Waals surface area contributed by atoms with Crippen LogP contribution in [0.1, 0.15) is 44.5 Å². The summed E-state index contributed by atoms with van der Waals surface area (Å²) < 4.78 is 3.35. The third kappa shape index (κ3) is 3.53. The van der Waals surface area contributed by atoms with Crippen LogP contribution in [0.3, 0.4) is 0 Å². The highest BCUT2D eigenvalue weighted by Gasteiger charge is 2.38. The lowest BCUT2D eigenvalue weighted by atomic mass is 10.1. The van der Waals surface area contributed by atoms with Gasteiger partial charge in [0, 0.05) is 35.4 Å². The number of amides is 1. The lowest BCUT2D eigenvalue weighted by molar-refractivity contribution is -0.131. The zero-order chi connectivity index (χ0) is 19.2. The average molecular weight is 426 g/mol. The van der Waals surface area contributed by atoms with Gasteiger partial charge in [-0.25, -0.2) is 4.98 Å². The summed E-state index contributed by atoms with van der Waals surface area (Å²) in [6.45, 7) is 7.77. The number of carbonyl (C=O) groups is 1. The summed E-state index contributed by atoms with van der Waals surface area (Å²) in [7, 11) is 0. The molecule has 1 saturated heterocycles. The van der Waals surface area contributed by atoms with Gasteiger partial charge in [-0.15, -0.1) is 0 Å². The van der Waals surface area contributed by atoms with Crippen LogP contribution in [-0.2, 0) is 11.3 Å². The van der Waals surface area contributed by atoms with Crippen LogP contribution in [0.5, 0.6) is 0 Å². The third-order valence-corrected chi connectivity index (χ3v) is 5.77. The molecule has 0 aliphatic carbocycles. The number of rotatable bonds is 3. The number of nitrogens with zero attached hydrogens (tertiary/aromatic N) is 3. The summed E-state index contributed by atoms with van der Waals surface area (Å²) >= 11 is 3.50. The topological polar surface area (TPSA) is 38.1 Å². The molecule has 1 atom stereocenters. The Bertz CT molecular complexity index is 985. The first-order chi connectivity index (χ1) is 12.8. The van der Waals surface area contributed by atoms with Crippen LogP contribution >= 0.6 is 15.9 Å². The summed E-state index contributed by atoms with van der Waals surface area (Å²) in [5.41, 5.74) is 3.18. The van der Waals surface area contributed by atoms with Gasteiger partial charge in [-0.3, -0.25) is 4.79 Å². The van der Waals surface area contributed by atoms with E-state index in [9.17, 15) is 4.79 Å². The molecule has 2 heterocycles. The van der Waals surface area contributed by atoms with Crippen molar-refractivity contribution in [2.24, 2.45) is 0 Å².